The van der Waals surface area contributed by atoms with Crippen LogP contribution in [-0.2, 0) is 24.0 Å². The van der Waals surface area contributed by atoms with Gasteiger partial charge in [-0.3, -0.25) is 4.21 Å². The highest BCUT2D eigenvalue weighted by Crippen LogP contribution is 2.30. The highest BCUT2D eigenvalue weighted by molar-refractivity contribution is 7.79. The molecule has 20 heavy (non-hydrogen) atoms. The molecule has 0 amide bonds. The van der Waals surface area contributed by atoms with Gasteiger partial charge in [-0.05, 0) is 46.8 Å². The average Bonchev–Trinajstić information content (AvgIpc) is 2.84. The number of hydrogen-bond donors (Lipinski definition) is 1. The zero-order valence-corrected chi connectivity index (χ0v) is 11.7. The maximum Gasteiger partial charge on any atom is 0.0441 e. The Balaban J connectivity index is 1.92. The van der Waals surface area contributed by atoms with Crippen molar-refractivity contribution in [1.82, 2.24) is 0 Å². The summed E-state index contributed by atoms with van der Waals surface area (Å²) >= 11 is -2.27. The molecule has 0 fully saturated rings. The van der Waals surface area contributed by atoms with Crippen LogP contribution in [0.5, 0.6) is 0 Å². The Morgan fingerprint density at radius 3 is 2.85 bits per heavy atom. The van der Waals surface area contributed by atoms with E-state index in [1.54, 1.807) is 12.1 Å². The second-order valence-electron chi connectivity index (χ2n) is 4.90. The highest BCUT2D eigenvalue weighted by atomic mass is 32.2. The molecule has 1 aliphatic heterocycles. The van der Waals surface area contributed by atoms with Crippen LogP contribution >= 0.6 is 0 Å². The van der Waals surface area contributed by atoms with Crippen LogP contribution in [0.4, 0.5) is 11.4 Å². The van der Waals surface area contributed by atoms with Crippen molar-refractivity contribution in [3.05, 3.63) is 53.6 Å². The van der Waals surface area contributed by atoms with Crippen molar-refractivity contribution in [1.29, 1.82) is 0 Å². The monoisotopic (exact) mass is 287 g/mol. The van der Waals surface area contributed by atoms with E-state index in [0.29, 0.717) is 12.2 Å². The van der Waals surface area contributed by atoms with Crippen LogP contribution in [0.1, 0.15) is 11.1 Å². The quantitative estimate of drug-likeness (QED) is 0.693. The summed E-state index contributed by atoms with van der Waals surface area (Å²) in [5, 5.41) is 0. The van der Waals surface area contributed by atoms with Crippen molar-refractivity contribution in [2.24, 2.45) is 0 Å². The summed E-state index contributed by atoms with van der Waals surface area (Å²) in [5.41, 5.74) is 9.41. The van der Waals surface area contributed by atoms with E-state index in [4.69, 9.17) is 5.73 Å². The first-order valence-corrected chi connectivity index (χ1v) is 7.53. The molecule has 104 valence electrons. The van der Waals surface area contributed by atoms with Crippen molar-refractivity contribution in [2.75, 3.05) is 17.2 Å². The molecule has 2 aromatic rings. The van der Waals surface area contributed by atoms with E-state index >= 15 is 0 Å². The summed E-state index contributed by atoms with van der Waals surface area (Å²) in [5.74, 6) is 0. The number of benzene rings is 2. The molecule has 0 aromatic heterocycles. The standard InChI is InChI=1S/C15H16N2O2S/c16-13-6-5-12(15(9-13)20(18)19)10-17-8-7-11-3-1-2-4-14(11)17/h1-6,9H,7-8,10,16H2,(H,18,19)/p-1. The number of anilines is 2. The van der Waals surface area contributed by atoms with Gasteiger partial charge in [-0.2, -0.15) is 0 Å². The van der Waals surface area contributed by atoms with Crippen LogP contribution < -0.4 is 10.6 Å². The van der Waals surface area contributed by atoms with E-state index in [0.717, 1.165) is 18.5 Å². The lowest BCUT2D eigenvalue weighted by Gasteiger charge is -2.22. The molecule has 0 saturated heterocycles. The average molecular weight is 287 g/mol. The fraction of sp³-hybridized carbons (Fsp3) is 0.200. The molecule has 4 nitrogen and oxygen atoms in total. The first-order chi connectivity index (χ1) is 9.65. The fourth-order valence-electron chi connectivity index (χ4n) is 2.63. The Kier molecular flexibility index (Phi) is 3.46. The zero-order chi connectivity index (χ0) is 14.1. The van der Waals surface area contributed by atoms with E-state index in [2.05, 4.69) is 17.0 Å². The number of rotatable bonds is 3. The number of hydrogen-bond acceptors (Lipinski definition) is 4. The van der Waals surface area contributed by atoms with Gasteiger partial charge in [0.05, 0.1) is 0 Å². The van der Waals surface area contributed by atoms with Crippen molar-refractivity contribution in [2.45, 2.75) is 17.9 Å². The number of para-hydroxylation sites is 1. The minimum Gasteiger partial charge on any atom is -0.768 e. The molecule has 1 unspecified atom stereocenters. The van der Waals surface area contributed by atoms with Crippen LogP contribution in [-0.4, -0.2) is 15.3 Å². The fourth-order valence-corrected chi connectivity index (χ4v) is 3.21. The van der Waals surface area contributed by atoms with Crippen LogP contribution in [0, 0.1) is 0 Å². The Hall–Kier alpha value is -1.85. The molecule has 1 aliphatic rings. The lowest BCUT2D eigenvalue weighted by atomic mass is 10.1. The Morgan fingerprint density at radius 2 is 2.05 bits per heavy atom. The van der Waals surface area contributed by atoms with E-state index in [9.17, 15) is 8.76 Å². The molecular formula is C15H15N2O2S-. The van der Waals surface area contributed by atoms with Crippen molar-refractivity contribution in [3.8, 4) is 0 Å². The minimum absolute atomic E-state index is 0.286. The first kappa shape index (κ1) is 13.1. The van der Waals surface area contributed by atoms with Crippen molar-refractivity contribution in [3.63, 3.8) is 0 Å². The molecule has 2 N–H and O–H groups in total. The second kappa shape index (κ2) is 5.26. The third-order valence-corrected chi connectivity index (χ3v) is 4.35. The second-order valence-corrected chi connectivity index (χ2v) is 5.81. The highest BCUT2D eigenvalue weighted by Gasteiger charge is 2.19. The van der Waals surface area contributed by atoms with E-state index in [1.165, 1.54) is 17.3 Å². The molecule has 1 heterocycles. The molecule has 2 aromatic carbocycles. The lowest BCUT2D eigenvalue weighted by molar-refractivity contribution is 0.536. The summed E-state index contributed by atoms with van der Waals surface area (Å²) in [6.45, 7) is 1.50. The predicted octanol–water partition coefficient (Wildman–Crippen LogP) is 2.07. The summed E-state index contributed by atoms with van der Waals surface area (Å²) in [4.78, 5) is 2.49. The van der Waals surface area contributed by atoms with Gasteiger partial charge in [0.2, 0.25) is 0 Å². The van der Waals surface area contributed by atoms with Crippen LogP contribution in [0.3, 0.4) is 0 Å². The normalized spacial score (nSPS) is 15.2. The maximum atomic E-state index is 11.3. The molecule has 1 atom stereocenters. The lowest BCUT2D eigenvalue weighted by Crippen LogP contribution is -2.20. The topological polar surface area (TPSA) is 69.4 Å². The summed E-state index contributed by atoms with van der Waals surface area (Å²) in [6.07, 6.45) is 1.00. The molecular weight excluding hydrogens is 272 g/mol. The van der Waals surface area contributed by atoms with Crippen molar-refractivity contribution >= 4 is 22.5 Å². The van der Waals surface area contributed by atoms with Gasteiger partial charge in [-0.25, -0.2) is 0 Å². The van der Waals surface area contributed by atoms with Crippen LogP contribution in [0.15, 0.2) is 47.4 Å². The van der Waals surface area contributed by atoms with Gasteiger partial charge >= 0.3 is 0 Å². The Labute approximate surface area is 120 Å². The maximum absolute atomic E-state index is 11.3. The van der Waals surface area contributed by atoms with Crippen molar-refractivity contribution < 1.29 is 8.76 Å². The summed E-state index contributed by atoms with van der Waals surface area (Å²) < 4.78 is 22.6. The van der Waals surface area contributed by atoms with Gasteiger partial charge in [-0.1, -0.05) is 24.3 Å². The summed E-state index contributed by atoms with van der Waals surface area (Å²) in [6, 6.07) is 13.3. The van der Waals surface area contributed by atoms with E-state index in [1.807, 2.05) is 12.1 Å². The van der Waals surface area contributed by atoms with Crippen LogP contribution in [0.2, 0.25) is 0 Å². The molecule has 5 heteroatoms. The van der Waals surface area contributed by atoms with E-state index < -0.39 is 11.1 Å². The van der Waals surface area contributed by atoms with Gasteiger partial charge in [0, 0.05) is 29.4 Å². The number of fused-ring (bicyclic) bond motifs is 1. The molecule has 3 rings (SSSR count). The third kappa shape index (κ3) is 2.42. The minimum atomic E-state index is -2.27. The molecule has 0 saturated carbocycles. The zero-order valence-electron chi connectivity index (χ0n) is 10.9. The number of nitrogens with zero attached hydrogens (tertiary/aromatic N) is 1. The van der Waals surface area contributed by atoms with E-state index in [-0.39, 0.29) is 4.90 Å². The Bertz CT molecular complexity index is 673. The van der Waals surface area contributed by atoms with Crippen LogP contribution in [0.25, 0.3) is 0 Å². The first-order valence-electron chi connectivity index (χ1n) is 6.45. The molecule has 0 radical (unpaired) electrons. The van der Waals surface area contributed by atoms with Gasteiger partial charge < -0.3 is 15.2 Å². The van der Waals surface area contributed by atoms with Gasteiger partial charge in [0.15, 0.2) is 0 Å². The number of nitrogen functional groups attached to an aromatic ring is 1. The summed E-state index contributed by atoms with van der Waals surface area (Å²) in [7, 11) is 0. The molecule has 0 aliphatic carbocycles. The van der Waals surface area contributed by atoms with Gasteiger partial charge in [0.1, 0.15) is 0 Å². The Morgan fingerprint density at radius 1 is 1.25 bits per heavy atom. The van der Waals surface area contributed by atoms with Gasteiger partial charge in [-0.15, -0.1) is 0 Å². The predicted molar refractivity (Wildman–Crippen MR) is 79.2 cm³/mol. The third-order valence-electron chi connectivity index (χ3n) is 3.62. The smallest absolute Gasteiger partial charge is 0.0441 e. The molecule has 0 bridgehead atoms. The molecule has 0 spiro atoms. The van der Waals surface area contributed by atoms with Gasteiger partial charge in [0.25, 0.3) is 0 Å². The largest absolute Gasteiger partial charge is 0.768 e. The SMILES string of the molecule is Nc1ccc(CN2CCc3ccccc32)c(S(=O)[O-])c1. The number of nitrogens with two attached hydrogens (primary N) is 1.